The molecule has 0 radical (unpaired) electrons. The van der Waals surface area contributed by atoms with E-state index in [4.69, 9.17) is 9.47 Å². The number of fused-ring (bicyclic) bond motifs is 3. The second kappa shape index (κ2) is 11.7. The molecule has 0 aliphatic heterocycles. The summed E-state index contributed by atoms with van der Waals surface area (Å²) in [4.78, 5) is 37.0. The molecule has 35 heavy (non-hydrogen) atoms. The van der Waals surface area contributed by atoms with Crippen LogP contribution in [0.25, 0.3) is 11.1 Å². The van der Waals surface area contributed by atoms with Crippen LogP contribution in [0.2, 0.25) is 0 Å². The summed E-state index contributed by atoms with van der Waals surface area (Å²) < 4.78 is 10.8. The fourth-order valence-electron chi connectivity index (χ4n) is 4.21. The zero-order chi connectivity index (χ0) is 24.6. The fourth-order valence-corrected chi connectivity index (χ4v) is 4.50. The number of esters is 2. The van der Waals surface area contributed by atoms with Crippen LogP contribution < -0.4 is 5.32 Å². The lowest BCUT2D eigenvalue weighted by molar-refractivity contribution is -0.147. The Bertz CT molecular complexity index is 1150. The van der Waals surface area contributed by atoms with Crippen molar-refractivity contribution < 1.29 is 23.9 Å². The highest BCUT2D eigenvalue weighted by Gasteiger charge is 2.30. The molecule has 0 aromatic heterocycles. The number of benzene rings is 3. The van der Waals surface area contributed by atoms with E-state index < -0.39 is 23.8 Å². The molecule has 4 rings (SSSR count). The number of amides is 1. The Kier molecular flexibility index (Phi) is 8.21. The number of thiol groups is 1. The highest BCUT2D eigenvalue weighted by Crippen LogP contribution is 2.44. The Hall–Kier alpha value is -3.58. The molecule has 0 saturated heterocycles. The molecule has 7 heteroatoms. The first-order chi connectivity index (χ1) is 17.1. The third-order valence-electron chi connectivity index (χ3n) is 6.03. The van der Waals surface area contributed by atoms with Crippen molar-refractivity contribution in [2.75, 3.05) is 18.9 Å². The number of carbonyl (C=O) groups is 3. The second-order valence-corrected chi connectivity index (χ2v) is 8.72. The lowest BCUT2D eigenvalue weighted by atomic mass is 9.98. The third-order valence-corrected chi connectivity index (χ3v) is 6.47. The van der Waals surface area contributed by atoms with Gasteiger partial charge in [0.1, 0.15) is 19.8 Å². The molecule has 1 amide bonds. The summed E-state index contributed by atoms with van der Waals surface area (Å²) in [6, 6.07) is 25.5. The molecule has 1 N–H and O–H groups in total. The Labute approximate surface area is 210 Å². The van der Waals surface area contributed by atoms with E-state index in [1.165, 1.54) is 0 Å². The van der Waals surface area contributed by atoms with Gasteiger partial charge in [0.05, 0.1) is 12.3 Å². The minimum absolute atomic E-state index is 0.0472. The fraction of sp³-hybridized carbons (Fsp3) is 0.250. The number of hydrogen-bond acceptors (Lipinski definition) is 6. The number of ether oxygens (including phenoxy) is 2. The minimum atomic E-state index is -0.712. The Morgan fingerprint density at radius 1 is 0.800 bits per heavy atom. The SMILES string of the molecule is O=C(CNC(=O)[C@H](CS)CC(=O)OCC1c2ccccc2-c2ccccc21)OCc1ccccc1. The standard InChI is InChI=1S/C28H27NO5S/c30-26(34-17-25-23-12-6-4-10-21(23)22-11-5-7-13-24(22)25)14-20(18-35)28(32)29-15-27(31)33-16-19-8-2-1-3-9-19/h1-13,20,25,35H,14-18H2,(H,29,32)/t20-/m0/s1. The second-order valence-electron chi connectivity index (χ2n) is 8.36. The van der Waals surface area contributed by atoms with Crippen LogP contribution in [-0.2, 0) is 30.5 Å². The molecule has 0 spiro atoms. The largest absolute Gasteiger partial charge is 0.465 e. The number of rotatable bonds is 10. The van der Waals surface area contributed by atoms with Crippen molar-refractivity contribution in [3.05, 3.63) is 95.6 Å². The number of hydrogen-bond donors (Lipinski definition) is 2. The van der Waals surface area contributed by atoms with E-state index in [1.807, 2.05) is 54.6 Å². The third kappa shape index (κ3) is 6.11. The van der Waals surface area contributed by atoms with Crippen molar-refractivity contribution >= 4 is 30.5 Å². The van der Waals surface area contributed by atoms with E-state index in [1.54, 1.807) is 0 Å². The first-order valence-corrected chi connectivity index (χ1v) is 12.1. The maximum Gasteiger partial charge on any atom is 0.325 e. The molecule has 0 saturated carbocycles. The van der Waals surface area contributed by atoms with Crippen LogP contribution in [0.3, 0.4) is 0 Å². The molecule has 3 aromatic rings. The van der Waals surface area contributed by atoms with Crippen molar-refractivity contribution in [1.82, 2.24) is 5.32 Å². The Morgan fingerprint density at radius 3 is 2.03 bits per heavy atom. The van der Waals surface area contributed by atoms with Crippen molar-refractivity contribution in [3.8, 4) is 11.1 Å². The Morgan fingerprint density at radius 2 is 1.40 bits per heavy atom. The van der Waals surface area contributed by atoms with E-state index in [9.17, 15) is 14.4 Å². The summed E-state index contributed by atoms with van der Waals surface area (Å²) in [6.07, 6.45) is -0.121. The van der Waals surface area contributed by atoms with Crippen LogP contribution >= 0.6 is 12.6 Å². The molecule has 0 heterocycles. The molecule has 0 bridgehead atoms. The van der Waals surface area contributed by atoms with Crippen molar-refractivity contribution in [1.29, 1.82) is 0 Å². The maximum absolute atomic E-state index is 12.6. The summed E-state index contributed by atoms with van der Waals surface area (Å²) in [5.41, 5.74) is 5.40. The van der Waals surface area contributed by atoms with Gasteiger partial charge in [-0.25, -0.2) is 0 Å². The van der Waals surface area contributed by atoms with Gasteiger partial charge in [-0.2, -0.15) is 12.6 Å². The van der Waals surface area contributed by atoms with Crippen LogP contribution in [0.1, 0.15) is 29.0 Å². The van der Waals surface area contributed by atoms with Gasteiger partial charge in [0.2, 0.25) is 5.91 Å². The van der Waals surface area contributed by atoms with Crippen LogP contribution in [-0.4, -0.2) is 36.8 Å². The van der Waals surface area contributed by atoms with Gasteiger partial charge in [-0.3, -0.25) is 14.4 Å². The zero-order valence-corrected chi connectivity index (χ0v) is 20.1. The molecular weight excluding hydrogens is 462 g/mol. The van der Waals surface area contributed by atoms with E-state index in [0.717, 1.165) is 27.8 Å². The predicted octanol–water partition coefficient (Wildman–Crippen LogP) is 4.14. The monoisotopic (exact) mass is 489 g/mol. The van der Waals surface area contributed by atoms with Crippen molar-refractivity contribution in [3.63, 3.8) is 0 Å². The molecule has 0 unspecified atom stereocenters. The Balaban J connectivity index is 1.25. The smallest absolute Gasteiger partial charge is 0.325 e. The highest BCUT2D eigenvalue weighted by molar-refractivity contribution is 7.80. The molecular formula is C28H27NO5S. The lowest BCUT2D eigenvalue weighted by Crippen LogP contribution is -2.37. The predicted molar refractivity (Wildman–Crippen MR) is 136 cm³/mol. The summed E-state index contributed by atoms with van der Waals surface area (Å²) in [5, 5.41) is 2.53. The number of carbonyl (C=O) groups excluding carboxylic acids is 3. The molecule has 1 aliphatic rings. The molecule has 3 aromatic carbocycles. The van der Waals surface area contributed by atoms with E-state index in [-0.39, 0.29) is 37.9 Å². The average molecular weight is 490 g/mol. The zero-order valence-electron chi connectivity index (χ0n) is 19.2. The molecule has 1 aliphatic carbocycles. The van der Waals surface area contributed by atoms with Gasteiger partial charge in [-0.15, -0.1) is 0 Å². The van der Waals surface area contributed by atoms with Crippen LogP contribution in [0.5, 0.6) is 0 Å². The molecule has 6 nitrogen and oxygen atoms in total. The van der Waals surface area contributed by atoms with Gasteiger partial charge in [-0.1, -0.05) is 78.9 Å². The summed E-state index contributed by atoms with van der Waals surface area (Å²) >= 11 is 4.21. The number of nitrogens with one attached hydrogen (secondary N) is 1. The quantitative estimate of drug-likeness (QED) is 0.331. The van der Waals surface area contributed by atoms with Gasteiger partial charge < -0.3 is 14.8 Å². The van der Waals surface area contributed by atoms with E-state index >= 15 is 0 Å². The van der Waals surface area contributed by atoms with Crippen molar-refractivity contribution in [2.24, 2.45) is 5.92 Å². The van der Waals surface area contributed by atoms with E-state index in [2.05, 4.69) is 42.2 Å². The van der Waals surface area contributed by atoms with Crippen LogP contribution in [0.4, 0.5) is 0 Å². The first kappa shape index (κ1) is 24.5. The minimum Gasteiger partial charge on any atom is -0.465 e. The van der Waals surface area contributed by atoms with Crippen molar-refractivity contribution in [2.45, 2.75) is 18.9 Å². The molecule has 180 valence electrons. The average Bonchev–Trinajstić information content (AvgIpc) is 3.22. The summed E-state index contributed by atoms with van der Waals surface area (Å²) in [7, 11) is 0. The van der Waals surface area contributed by atoms with Gasteiger partial charge in [0.25, 0.3) is 0 Å². The maximum atomic E-state index is 12.6. The highest BCUT2D eigenvalue weighted by atomic mass is 32.1. The van der Waals surface area contributed by atoms with Gasteiger partial charge in [-0.05, 0) is 27.8 Å². The first-order valence-electron chi connectivity index (χ1n) is 11.5. The summed E-state index contributed by atoms with van der Waals surface area (Å²) in [6.45, 7) is 0.0471. The topological polar surface area (TPSA) is 81.7 Å². The van der Waals surface area contributed by atoms with Gasteiger partial charge in [0, 0.05) is 11.7 Å². The van der Waals surface area contributed by atoms with Gasteiger partial charge >= 0.3 is 11.9 Å². The summed E-state index contributed by atoms with van der Waals surface area (Å²) in [5.74, 6) is -2.08. The van der Waals surface area contributed by atoms with Gasteiger partial charge in [0.15, 0.2) is 0 Å². The van der Waals surface area contributed by atoms with Crippen LogP contribution in [0.15, 0.2) is 78.9 Å². The van der Waals surface area contributed by atoms with Crippen LogP contribution in [0, 0.1) is 5.92 Å². The normalized spacial score (nSPS) is 12.8. The lowest BCUT2D eigenvalue weighted by Gasteiger charge is -2.17. The molecule has 1 atom stereocenters. The van der Waals surface area contributed by atoms with E-state index in [0.29, 0.717) is 0 Å². The molecule has 0 fully saturated rings.